The summed E-state index contributed by atoms with van der Waals surface area (Å²) in [5, 5.41) is 12.4. The maximum atomic E-state index is 13.3. The summed E-state index contributed by atoms with van der Waals surface area (Å²) in [6.45, 7) is 3.30. The van der Waals surface area contributed by atoms with Crippen LogP contribution in [0.3, 0.4) is 0 Å². The van der Waals surface area contributed by atoms with Crippen molar-refractivity contribution in [2.24, 2.45) is 0 Å². The number of methoxy groups -OCH3 is 2. The van der Waals surface area contributed by atoms with Gasteiger partial charge in [0.2, 0.25) is 0 Å². The summed E-state index contributed by atoms with van der Waals surface area (Å²) in [6.07, 6.45) is -10.9. The van der Waals surface area contributed by atoms with E-state index in [0.717, 1.165) is 11.0 Å². The fraction of sp³-hybridized carbons (Fsp3) is 0.500. The number of unbranched alkanes of at least 4 members (excludes halogenated alkanes) is 1. The molecular formula is C28H32F6N2O6. The molecule has 3 amide bonds. The lowest BCUT2D eigenvalue weighted by Crippen LogP contribution is -2.53. The Balaban J connectivity index is 1.66. The summed E-state index contributed by atoms with van der Waals surface area (Å²) in [5.41, 5.74) is -7.18. The van der Waals surface area contributed by atoms with E-state index >= 15 is 0 Å². The van der Waals surface area contributed by atoms with E-state index in [4.69, 9.17) is 14.2 Å². The first-order chi connectivity index (χ1) is 19.5. The van der Waals surface area contributed by atoms with E-state index in [9.17, 15) is 41.0 Å². The molecule has 14 heteroatoms. The van der Waals surface area contributed by atoms with Crippen LogP contribution in [0.25, 0.3) is 0 Å². The highest BCUT2D eigenvalue weighted by Crippen LogP contribution is 2.50. The molecule has 0 aromatic heterocycles. The normalized spacial score (nSPS) is 17.8. The molecular weight excluding hydrogens is 574 g/mol. The molecule has 8 nitrogen and oxygen atoms in total. The first-order valence-electron chi connectivity index (χ1n) is 13.0. The Morgan fingerprint density at radius 2 is 1.52 bits per heavy atom. The Morgan fingerprint density at radius 1 is 0.905 bits per heavy atom. The molecule has 1 aliphatic heterocycles. The van der Waals surface area contributed by atoms with Gasteiger partial charge in [0.1, 0.15) is 11.3 Å². The number of ether oxygens (including phenoxy) is 3. The highest BCUT2D eigenvalue weighted by atomic mass is 19.4. The number of amides is 3. The Labute approximate surface area is 238 Å². The topological polar surface area (TPSA) is 97.3 Å². The van der Waals surface area contributed by atoms with E-state index < -0.39 is 41.0 Å². The smallest absolute Gasteiger partial charge is 0.430 e. The molecule has 2 aromatic carbocycles. The number of imide groups is 1. The molecule has 1 saturated heterocycles. The number of halogens is 6. The largest absolute Gasteiger partial charge is 0.493 e. The SMILES string of the molecule is CCCc1cc(C(O)(C(F)(F)F)C(F)(F)F)ccc1OCCCCN1C(=O)NC(C)(c2ccc(OC)c(OC)c2)C1=O. The Morgan fingerprint density at radius 3 is 2.10 bits per heavy atom. The number of carbonyl (C=O) groups excluding carboxylic acids is 2. The van der Waals surface area contributed by atoms with Crippen molar-refractivity contribution in [1.82, 2.24) is 10.2 Å². The van der Waals surface area contributed by atoms with Gasteiger partial charge in [-0.25, -0.2) is 4.79 Å². The molecule has 0 aliphatic carbocycles. The number of benzene rings is 2. The fourth-order valence-corrected chi connectivity index (χ4v) is 4.70. The molecule has 1 aliphatic rings. The van der Waals surface area contributed by atoms with E-state index in [0.29, 0.717) is 48.5 Å². The Hall–Kier alpha value is -3.68. The predicted molar refractivity (Wildman–Crippen MR) is 138 cm³/mol. The zero-order valence-electron chi connectivity index (χ0n) is 23.4. The number of alkyl halides is 6. The lowest BCUT2D eigenvalue weighted by Gasteiger charge is -2.33. The maximum Gasteiger partial charge on any atom is 0.430 e. The minimum Gasteiger partial charge on any atom is -0.493 e. The molecule has 42 heavy (non-hydrogen) atoms. The van der Waals surface area contributed by atoms with Gasteiger partial charge in [-0.3, -0.25) is 9.69 Å². The molecule has 2 N–H and O–H groups in total. The van der Waals surface area contributed by atoms with Crippen LogP contribution in [0.2, 0.25) is 0 Å². The molecule has 2 aromatic rings. The van der Waals surface area contributed by atoms with Gasteiger partial charge in [0, 0.05) is 12.1 Å². The van der Waals surface area contributed by atoms with Gasteiger partial charge in [0.15, 0.2) is 11.5 Å². The van der Waals surface area contributed by atoms with Gasteiger partial charge in [-0.1, -0.05) is 25.5 Å². The highest BCUT2D eigenvalue weighted by Gasteiger charge is 2.71. The zero-order valence-corrected chi connectivity index (χ0v) is 23.4. The third kappa shape index (κ3) is 6.08. The third-order valence-electron chi connectivity index (χ3n) is 7.09. The molecule has 0 bridgehead atoms. The standard InChI is InChI=1S/C28H32F6N2O6/c1-5-8-17-15-19(26(39,27(29,30)31)28(32,33)34)10-11-20(17)42-14-7-6-13-36-23(37)25(2,35-24(36)38)18-9-12-21(40-3)22(16-18)41-4/h9-12,15-16,39H,5-8,13-14H2,1-4H3,(H,35,38). The number of aliphatic hydroxyl groups is 1. The molecule has 0 saturated carbocycles. The van der Waals surface area contributed by atoms with Crippen LogP contribution >= 0.6 is 0 Å². The van der Waals surface area contributed by atoms with E-state index in [-0.39, 0.29) is 30.9 Å². The van der Waals surface area contributed by atoms with Gasteiger partial charge < -0.3 is 24.6 Å². The number of urea groups is 1. The van der Waals surface area contributed by atoms with Crippen LogP contribution in [0.15, 0.2) is 36.4 Å². The van der Waals surface area contributed by atoms with Gasteiger partial charge >= 0.3 is 18.4 Å². The van der Waals surface area contributed by atoms with E-state index in [1.807, 2.05) is 0 Å². The van der Waals surface area contributed by atoms with E-state index in [1.165, 1.54) is 14.2 Å². The van der Waals surface area contributed by atoms with Gasteiger partial charge in [-0.05, 0) is 61.6 Å². The number of aryl methyl sites for hydroxylation is 1. The monoisotopic (exact) mass is 606 g/mol. The zero-order chi connectivity index (χ0) is 31.5. The number of nitrogens with zero attached hydrogens (tertiary/aromatic N) is 1. The maximum absolute atomic E-state index is 13.3. The molecule has 1 heterocycles. The minimum absolute atomic E-state index is 0.00939. The second-order valence-corrected chi connectivity index (χ2v) is 9.92. The molecule has 1 atom stereocenters. The second kappa shape index (κ2) is 12.3. The van der Waals surface area contributed by atoms with Crippen molar-refractivity contribution >= 4 is 11.9 Å². The van der Waals surface area contributed by atoms with Crippen molar-refractivity contribution < 1.29 is 55.2 Å². The van der Waals surface area contributed by atoms with Crippen LogP contribution in [0, 0.1) is 0 Å². The first-order valence-corrected chi connectivity index (χ1v) is 13.0. The van der Waals surface area contributed by atoms with Crippen molar-refractivity contribution in [3.63, 3.8) is 0 Å². The van der Waals surface area contributed by atoms with Crippen LogP contribution in [-0.4, -0.2) is 61.7 Å². The Kier molecular flexibility index (Phi) is 9.60. The van der Waals surface area contributed by atoms with Crippen LogP contribution in [0.5, 0.6) is 17.2 Å². The van der Waals surface area contributed by atoms with E-state index in [1.54, 1.807) is 32.0 Å². The molecule has 3 rings (SSSR count). The quantitative estimate of drug-likeness (QED) is 0.186. The Bertz CT molecular complexity index is 1280. The average molecular weight is 607 g/mol. The second-order valence-electron chi connectivity index (χ2n) is 9.92. The van der Waals surface area contributed by atoms with Crippen LogP contribution in [0.4, 0.5) is 31.1 Å². The average Bonchev–Trinajstić information content (AvgIpc) is 3.14. The molecule has 232 valence electrons. The van der Waals surface area contributed by atoms with Crippen LogP contribution in [0.1, 0.15) is 49.8 Å². The van der Waals surface area contributed by atoms with Gasteiger partial charge in [-0.2, -0.15) is 26.3 Å². The summed E-state index contributed by atoms with van der Waals surface area (Å²) in [4.78, 5) is 26.9. The lowest BCUT2D eigenvalue weighted by atomic mass is 9.90. The van der Waals surface area contributed by atoms with Gasteiger partial charge in [0.05, 0.1) is 20.8 Å². The number of nitrogens with one attached hydrogen (secondary N) is 1. The lowest BCUT2D eigenvalue weighted by molar-refractivity contribution is -0.376. The van der Waals surface area contributed by atoms with Gasteiger partial charge in [-0.15, -0.1) is 0 Å². The summed E-state index contributed by atoms with van der Waals surface area (Å²) in [5.74, 6) is 0.420. The molecule has 0 spiro atoms. The number of hydrogen-bond acceptors (Lipinski definition) is 6. The van der Waals surface area contributed by atoms with Crippen molar-refractivity contribution in [3.8, 4) is 17.2 Å². The van der Waals surface area contributed by atoms with Crippen molar-refractivity contribution in [1.29, 1.82) is 0 Å². The van der Waals surface area contributed by atoms with Gasteiger partial charge in [0.25, 0.3) is 11.5 Å². The molecule has 1 unspecified atom stereocenters. The van der Waals surface area contributed by atoms with Crippen molar-refractivity contribution in [2.75, 3.05) is 27.4 Å². The fourth-order valence-electron chi connectivity index (χ4n) is 4.70. The van der Waals surface area contributed by atoms with Crippen molar-refractivity contribution in [2.45, 2.75) is 63.0 Å². The van der Waals surface area contributed by atoms with E-state index in [2.05, 4.69) is 5.32 Å². The van der Waals surface area contributed by atoms with Crippen molar-refractivity contribution in [3.05, 3.63) is 53.1 Å². The predicted octanol–water partition coefficient (Wildman–Crippen LogP) is 5.59. The number of rotatable bonds is 12. The van der Waals surface area contributed by atoms with Crippen LogP contribution < -0.4 is 19.5 Å². The van der Waals surface area contributed by atoms with Crippen LogP contribution in [-0.2, 0) is 22.4 Å². The highest BCUT2D eigenvalue weighted by molar-refractivity contribution is 6.07. The summed E-state index contributed by atoms with van der Waals surface area (Å²) >= 11 is 0. The summed E-state index contributed by atoms with van der Waals surface area (Å²) in [7, 11) is 2.91. The molecule has 1 fully saturated rings. The minimum atomic E-state index is -5.99. The third-order valence-corrected chi connectivity index (χ3v) is 7.09. The summed E-state index contributed by atoms with van der Waals surface area (Å²) < 4.78 is 96.0. The summed E-state index contributed by atoms with van der Waals surface area (Å²) in [6, 6.07) is 6.42. The first kappa shape index (κ1) is 32.8. The number of hydrogen-bond donors (Lipinski definition) is 2. The molecule has 0 radical (unpaired) electrons. The number of carbonyl (C=O) groups is 2.